The Morgan fingerprint density at radius 1 is 1.38 bits per heavy atom. The summed E-state index contributed by atoms with van der Waals surface area (Å²) in [6.07, 6.45) is 4.15. The van der Waals surface area contributed by atoms with Crippen LogP contribution in [0.5, 0.6) is 0 Å². The molecule has 7 nitrogen and oxygen atoms in total. The van der Waals surface area contributed by atoms with Crippen molar-refractivity contribution >= 4 is 33.9 Å². The summed E-state index contributed by atoms with van der Waals surface area (Å²) in [7, 11) is 0. The summed E-state index contributed by atoms with van der Waals surface area (Å²) in [5.41, 5.74) is 0.291. The number of hydrogen-bond acceptors (Lipinski definition) is 5. The summed E-state index contributed by atoms with van der Waals surface area (Å²) in [6, 6.07) is 5.31. The van der Waals surface area contributed by atoms with E-state index in [4.69, 9.17) is 0 Å². The van der Waals surface area contributed by atoms with Gasteiger partial charge in [0.2, 0.25) is 0 Å². The van der Waals surface area contributed by atoms with Crippen LogP contribution in [-0.4, -0.2) is 15.9 Å². The molecule has 0 atom stereocenters. The van der Waals surface area contributed by atoms with Gasteiger partial charge in [0.1, 0.15) is 0 Å². The van der Waals surface area contributed by atoms with Crippen LogP contribution in [-0.2, 0) is 0 Å². The van der Waals surface area contributed by atoms with Crippen LogP contribution in [0.1, 0.15) is 23.6 Å². The third kappa shape index (κ3) is 3.34. The van der Waals surface area contributed by atoms with Gasteiger partial charge in [0.25, 0.3) is 5.69 Å². The Morgan fingerprint density at radius 2 is 2.19 bits per heavy atom. The molecule has 2 N–H and O–H groups in total. The van der Waals surface area contributed by atoms with Crippen molar-refractivity contribution in [2.75, 3.05) is 10.6 Å². The third-order valence-electron chi connectivity index (χ3n) is 3.04. The van der Waals surface area contributed by atoms with Gasteiger partial charge in [-0.05, 0) is 24.8 Å². The molecule has 3 rings (SSSR count). The highest BCUT2D eigenvalue weighted by Gasteiger charge is 2.25. The maximum Gasteiger partial charge on any atom is 0.325 e. The van der Waals surface area contributed by atoms with Crippen LogP contribution in [0, 0.1) is 10.1 Å². The van der Waals surface area contributed by atoms with E-state index in [0.717, 1.165) is 0 Å². The molecule has 0 aliphatic heterocycles. The second-order valence-electron chi connectivity index (χ2n) is 4.73. The smallest absolute Gasteiger partial charge is 0.307 e. The Labute approximate surface area is 124 Å². The summed E-state index contributed by atoms with van der Waals surface area (Å²) in [5.74, 6) is 0.595. The highest BCUT2D eigenvalue weighted by Crippen LogP contribution is 2.43. The first-order valence-corrected chi connectivity index (χ1v) is 7.21. The van der Waals surface area contributed by atoms with Crippen molar-refractivity contribution in [2.45, 2.75) is 18.8 Å². The second-order valence-corrected chi connectivity index (χ2v) is 5.79. The molecule has 21 heavy (non-hydrogen) atoms. The Kier molecular flexibility index (Phi) is 3.53. The number of amides is 2. The Balaban J connectivity index is 1.62. The van der Waals surface area contributed by atoms with E-state index in [-0.39, 0.29) is 5.69 Å². The van der Waals surface area contributed by atoms with Crippen molar-refractivity contribution in [1.82, 2.24) is 4.98 Å². The summed E-state index contributed by atoms with van der Waals surface area (Å²) >= 11 is 1.46. The van der Waals surface area contributed by atoms with E-state index in [1.807, 2.05) is 0 Å². The van der Waals surface area contributed by atoms with Gasteiger partial charge in [-0.25, -0.2) is 9.78 Å². The zero-order chi connectivity index (χ0) is 14.8. The predicted octanol–water partition coefficient (Wildman–Crippen LogP) is 3.57. The molecule has 1 fully saturated rings. The van der Waals surface area contributed by atoms with E-state index in [0.29, 0.717) is 16.7 Å². The van der Waals surface area contributed by atoms with Gasteiger partial charge in [0.05, 0.1) is 4.92 Å². The molecular weight excluding hydrogens is 292 g/mol. The van der Waals surface area contributed by atoms with Gasteiger partial charge in [-0.1, -0.05) is 6.07 Å². The molecule has 0 unspecified atom stereocenters. The Morgan fingerprint density at radius 3 is 2.90 bits per heavy atom. The normalized spacial score (nSPS) is 13.7. The number of rotatable bonds is 4. The summed E-state index contributed by atoms with van der Waals surface area (Å²) in [6.45, 7) is 0. The van der Waals surface area contributed by atoms with Crippen molar-refractivity contribution in [2.24, 2.45) is 0 Å². The van der Waals surface area contributed by atoms with Crippen LogP contribution in [0.3, 0.4) is 0 Å². The summed E-state index contributed by atoms with van der Waals surface area (Å²) < 4.78 is 0. The largest absolute Gasteiger partial charge is 0.325 e. The van der Waals surface area contributed by atoms with Gasteiger partial charge in [0, 0.05) is 28.9 Å². The molecule has 8 heteroatoms. The SMILES string of the molecule is O=C(Nc1cccc([N+](=O)[O-])c1)Nc1ncc(C2CC2)s1. The Bertz CT molecular complexity index is 696. The first-order chi connectivity index (χ1) is 10.1. The van der Waals surface area contributed by atoms with Crippen molar-refractivity contribution in [1.29, 1.82) is 0 Å². The average molecular weight is 304 g/mol. The molecule has 1 saturated carbocycles. The van der Waals surface area contributed by atoms with Crippen LogP contribution in [0.4, 0.5) is 21.3 Å². The Hall–Kier alpha value is -2.48. The minimum absolute atomic E-state index is 0.0712. The highest BCUT2D eigenvalue weighted by atomic mass is 32.1. The number of carbonyl (C=O) groups excluding carboxylic acids is 1. The predicted molar refractivity (Wildman–Crippen MR) is 79.8 cm³/mol. The number of nitrogens with one attached hydrogen (secondary N) is 2. The van der Waals surface area contributed by atoms with E-state index >= 15 is 0 Å². The molecule has 1 aliphatic carbocycles. The van der Waals surface area contributed by atoms with E-state index in [2.05, 4.69) is 15.6 Å². The topological polar surface area (TPSA) is 97.2 Å². The van der Waals surface area contributed by atoms with E-state index in [9.17, 15) is 14.9 Å². The fourth-order valence-electron chi connectivity index (χ4n) is 1.86. The van der Waals surface area contributed by atoms with Gasteiger partial charge >= 0.3 is 6.03 Å². The number of hydrogen-bond donors (Lipinski definition) is 2. The molecule has 0 bridgehead atoms. The number of nitro benzene ring substituents is 1. The number of non-ortho nitro benzene ring substituents is 1. The fraction of sp³-hybridized carbons (Fsp3) is 0.231. The number of anilines is 2. The molecule has 1 aromatic carbocycles. The second kappa shape index (κ2) is 5.49. The fourth-order valence-corrected chi connectivity index (χ4v) is 2.84. The van der Waals surface area contributed by atoms with Gasteiger partial charge in [-0.2, -0.15) is 0 Å². The maximum atomic E-state index is 11.8. The first kappa shape index (κ1) is 13.5. The van der Waals surface area contributed by atoms with E-state index in [1.54, 1.807) is 12.3 Å². The van der Waals surface area contributed by atoms with Crippen LogP contribution >= 0.6 is 11.3 Å². The number of benzene rings is 1. The number of nitrogens with zero attached hydrogens (tertiary/aromatic N) is 2. The van der Waals surface area contributed by atoms with Crippen LogP contribution in [0.25, 0.3) is 0 Å². The molecule has 0 radical (unpaired) electrons. The number of aromatic nitrogens is 1. The molecule has 108 valence electrons. The minimum Gasteiger partial charge on any atom is -0.307 e. The lowest BCUT2D eigenvalue weighted by molar-refractivity contribution is -0.384. The maximum absolute atomic E-state index is 11.8. The zero-order valence-corrected chi connectivity index (χ0v) is 11.7. The molecule has 1 aliphatic rings. The van der Waals surface area contributed by atoms with Crippen molar-refractivity contribution in [3.63, 3.8) is 0 Å². The monoisotopic (exact) mass is 304 g/mol. The lowest BCUT2D eigenvalue weighted by atomic mass is 10.3. The van der Waals surface area contributed by atoms with E-state index in [1.165, 1.54) is 47.3 Å². The molecule has 1 heterocycles. The highest BCUT2D eigenvalue weighted by molar-refractivity contribution is 7.15. The van der Waals surface area contributed by atoms with E-state index < -0.39 is 11.0 Å². The standard InChI is InChI=1S/C13H12N4O3S/c18-12(15-9-2-1-3-10(6-9)17(19)20)16-13-14-7-11(21-13)8-4-5-8/h1-3,6-8H,4-5H2,(H2,14,15,16,18). The van der Waals surface area contributed by atoms with Gasteiger partial charge in [-0.15, -0.1) is 11.3 Å². The summed E-state index contributed by atoms with van der Waals surface area (Å²) in [5, 5.41) is 16.4. The van der Waals surface area contributed by atoms with Crippen molar-refractivity contribution in [3.8, 4) is 0 Å². The quantitative estimate of drug-likeness (QED) is 0.666. The van der Waals surface area contributed by atoms with Crippen LogP contribution in [0.15, 0.2) is 30.5 Å². The lowest BCUT2D eigenvalue weighted by Crippen LogP contribution is -2.19. The third-order valence-corrected chi connectivity index (χ3v) is 4.11. The van der Waals surface area contributed by atoms with Gasteiger partial charge in [-0.3, -0.25) is 15.4 Å². The zero-order valence-electron chi connectivity index (χ0n) is 10.9. The lowest BCUT2D eigenvalue weighted by Gasteiger charge is -2.04. The minimum atomic E-state index is -0.508. The molecule has 0 saturated heterocycles. The van der Waals surface area contributed by atoms with Gasteiger partial charge < -0.3 is 5.32 Å². The van der Waals surface area contributed by atoms with Crippen LogP contribution in [0.2, 0.25) is 0 Å². The summed E-state index contributed by atoms with van der Waals surface area (Å²) in [4.78, 5) is 27.3. The van der Waals surface area contributed by atoms with Crippen molar-refractivity contribution < 1.29 is 9.72 Å². The molecular formula is C13H12N4O3S. The van der Waals surface area contributed by atoms with Gasteiger partial charge in [0.15, 0.2) is 5.13 Å². The first-order valence-electron chi connectivity index (χ1n) is 6.40. The number of urea groups is 1. The molecule has 2 amide bonds. The molecule has 2 aromatic rings. The number of carbonyl (C=O) groups is 1. The number of thiazole rings is 1. The van der Waals surface area contributed by atoms with Crippen molar-refractivity contribution in [3.05, 3.63) is 45.5 Å². The average Bonchev–Trinajstić information content (AvgIpc) is 3.20. The number of nitro groups is 1. The molecule has 1 aromatic heterocycles. The molecule has 0 spiro atoms. The van der Waals surface area contributed by atoms with Crippen LogP contribution < -0.4 is 10.6 Å².